The first kappa shape index (κ1) is 14.4. The second kappa shape index (κ2) is 7.65. The number of hydrogen-bond acceptors (Lipinski definition) is 3. The Kier molecular flexibility index (Phi) is 7.34. The molecule has 0 aliphatic carbocycles. The van der Waals surface area contributed by atoms with Gasteiger partial charge in [-0.3, -0.25) is 0 Å². The van der Waals surface area contributed by atoms with E-state index >= 15 is 0 Å². The van der Waals surface area contributed by atoms with Crippen LogP contribution in [0.25, 0.3) is 0 Å². The maximum absolute atomic E-state index is 10.9. The average molecular weight is 230 g/mol. The van der Waals surface area contributed by atoms with E-state index < -0.39 is 8.32 Å². The Morgan fingerprint density at radius 3 is 2.33 bits per heavy atom. The Hall–Kier alpha value is -0.613. The van der Waals surface area contributed by atoms with Crippen LogP contribution in [0.15, 0.2) is 12.7 Å². The summed E-state index contributed by atoms with van der Waals surface area (Å²) in [7, 11) is -1.63. The maximum Gasteiger partial charge on any atom is 0.330 e. The van der Waals surface area contributed by atoms with Gasteiger partial charge in [-0.1, -0.05) is 20.4 Å². The van der Waals surface area contributed by atoms with E-state index in [-0.39, 0.29) is 5.97 Å². The second-order valence-electron chi connectivity index (χ2n) is 3.44. The molecule has 0 N–H and O–H groups in total. The molecule has 0 spiro atoms. The van der Waals surface area contributed by atoms with Crippen molar-refractivity contribution in [3.05, 3.63) is 12.7 Å². The summed E-state index contributed by atoms with van der Waals surface area (Å²) in [5.74, 6) is -0.346. The molecule has 88 valence electrons. The highest BCUT2D eigenvalue weighted by Crippen LogP contribution is 2.21. The van der Waals surface area contributed by atoms with E-state index in [1.54, 1.807) is 0 Å². The van der Waals surface area contributed by atoms with Crippen molar-refractivity contribution < 1.29 is 14.0 Å². The fourth-order valence-corrected chi connectivity index (χ4v) is 4.43. The van der Waals surface area contributed by atoms with Crippen molar-refractivity contribution in [1.29, 1.82) is 0 Å². The van der Waals surface area contributed by atoms with Crippen molar-refractivity contribution in [3.63, 3.8) is 0 Å². The molecule has 0 saturated carbocycles. The van der Waals surface area contributed by atoms with E-state index in [1.165, 1.54) is 6.08 Å². The quantitative estimate of drug-likeness (QED) is 0.365. The summed E-state index contributed by atoms with van der Waals surface area (Å²) in [4.78, 5) is 10.9. The van der Waals surface area contributed by atoms with Crippen LogP contribution in [0.2, 0.25) is 18.1 Å². The summed E-state index contributed by atoms with van der Waals surface area (Å²) in [5, 5.41) is 0. The van der Waals surface area contributed by atoms with Gasteiger partial charge >= 0.3 is 5.97 Å². The normalized spacial score (nSPS) is 11.1. The zero-order chi connectivity index (χ0) is 11.7. The molecule has 4 heteroatoms. The summed E-state index contributed by atoms with van der Waals surface area (Å²) in [6.07, 6.45) is 1.20. The minimum absolute atomic E-state index is 0.346. The van der Waals surface area contributed by atoms with Crippen molar-refractivity contribution in [1.82, 2.24) is 0 Å². The van der Waals surface area contributed by atoms with E-state index in [2.05, 4.69) is 20.4 Å². The zero-order valence-electron chi connectivity index (χ0n) is 10.0. The summed E-state index contributed by atoms with van der Waals surface area (Å²) in [5.41, 5.74) is 0. The SMILES string of the molecule is C=CC(=O)OCC[Si](CC)(CC)OCC. The van der Waals surface area contributed by atoms with Crippen LogP contribution in [0.3, 0.4) is 0 Å². The molecule has 0 saturated heterocycles. The van der Waals surface area contributed by atoms with Crippen molar-refractivity contribution in [2.24, 2.45) is 0 Å². The van der Waals surface area contributed by atoms with Crippen LogP contribution in [0, 0.1) is 0 Å². The predicted molar refractivity (Wildman–Crippen MR) is 64.3 cm³/mol. The van der Waals surface area contributed by atoms with Gasteiger partial charge in [-0.2, -0.15) is 0 Å². The molecule has 0 aromatic heterocycles. The summed E-state index contributed by atoms with van der Waals surface area (Å²) in [6, 6.07) is 3.03. The predicted octanol–water partition coefficient (Wildman–Crippen LogP) is 2.74. The highest BCUT2D eigenvalue weighted by Gasteiger charge is 2.30. The minimum atomic E-state index is -1.63. The van der Waals surface area contributed by atoms with Gasteiger partial charge in [0.2, 0.25) is 0 Å². The molecular formula is C11H22O3Si. The smallest absolute Gasteiger partial charge is 0.330 e. The molecule has 0 aliphatic heterocycles. The Balaban J connectivity index is 4.05. The number of rotatable bonds is 8. The monoisotopic (exact) mass is 230 g/mol. The van der Waals surface area contributed by atoms with E-state index in [1.807, 2.05) is 6.92 Å². The van der Waals surface area contributed by atoms with Gasteiger partial charge in [0.05, 0.1) is 6.61 Å². The third kappa shape index (κ3) is 5.13. The molecule has 3 nitrogen and oxygen atoms in total. The van der Waals surface area contributed by atoms with Crippen molar-refractivity contribution in [2.45, 2.75) is 38.9 Å². The lowest BCUT2D eigenvalue weighted by Crippen LogP contribution is -2.38. The number of hydrogen-bond donors (Lipinski definition) is 0. The fraction of sp³-hybridized carbons (Fsp3) is 0.727. The molecular weight excluding hydrogens is 208 g/mol. The minimum Gasteiger partial charge on any atom is -0.463 e. The number of ether oxygens (including phenoxy) is 1. The van der Waals surface area contributed by atoms with Crippen molar-refractivity contribution in [2.75, 3.05) is 13.2 Å². The van der Waals surface area contributed by atoms with Crippen LogP contribution < -0.4 is 0 Å². The highest BCUT2D eigenvalue weighted by atomic mass is 28.4. The number of carbonyl (C=O) groups excluding carboxylic acids is 1. The molecule has 15 heavy (non-hydrogen) atoms. The molecule has 0 unspecified atom stereocenters. The van der Waals surface area contributed by atoms with Crippen LogP contribution in [-0.2, 0) is 14.0 Å². The van der Waals surface area contributed by atoms with Crippen LogP contribution in [0.1, 0.15) is 20.8 Å². The lowest BCUT2D eigenvalue weighted by molar-refractivity contribution is -0.137. The first-order valence-electron chi connectivity index (χ1n) is 5.57. The molecule has 0 fully saturated rings. The molecule has 0 heterocycles. The topological polar surface area (TPSA) is 35.5 Å². The molecule has 0 bridgehead atoms. The molecule has 0 amide bonds. The summed E-state index contributed by atoms with van der Waals surface area (Å²) >= 11 is 0. The fourth-order valence-electron chi connectivity index (χ4n) is 1.58. The standard InChI is InChI=1S/C11H22O3Si/c1-5-11(12)13-9-10-15(7-3,8-4)14-6-2/h5H,1,6-10H2,2-4H3. The van der Waals surface area contributed by atoms with Crippen LogP contribution in [-0.4, -0.2) is 27.5 Å². The maximum atomic E-state index is 10.9. The Morgan fingerprint density at radius 2 is 1.93 bits per heavy atom. The highest BCUT2D eigenvalue weighted by molar-refractivity contribution is 6.73. The third-order valence-electron chi connectivity index (χ3n) is 2.71. The molecule has 0 aromatic rings. The molecule has 0 aliphatic rings. The zero-order valence-corrected chi connectivity index (χ0v) is 11.0. The number of esters is 1. The number of carbonyl (C=O) groups is 1. The first-order chi connectivity index (χ1) is 7.14. The van der Waals surface area contributed by atoms with Crippen molar-refractivity contribution >= 4 is 14.3 Å². The van der Waals surface area contributed by atoms with Crippen LogP contribution >= 0.6 is 0 Å². The summed E-state index contributed by atoms with van der Waals surface area (Å²) < 4.78 is 10.9. The Bertz CT molecular complexity index is 200. The largest absolute Gasteiger partial charge is 0.463 e. The van der Waals surface area contributed by atoms with Gasteiger partial charge in [-0.25, -0.2) is 4.79 Å². The van der Waals surface area contributed by atoms with Gasteiger partial charge in [0, 0.05) is 18.7 Å². The van der Waals surface area contributed by atoms with E-state index in [9.17, 15) is 4.79 Å². The molecule has 0 radical (unpaired) electrons. The lowest BCUT2D eigenvalue weighted by atomic mass is 10.6. The van der Waals surface area contributed by atoms with Gasteiger partial charge in [-0.05, 0) is 19.0 Å². The van der Waals surface area contributed by atoms with E-state index in [4.69, 9.17) is 9.16 Å². The van der Waals surface area contributed by atoms with Gasteiger partial charge in [0.15, 0.2) is 8.32 Å². The van der Waals surface area contributed by atoms with Gasteiger partial charge in [0.25, 0.3) is 0 Å². The molecule has 0 aromatic carbocycles. The molecule has 0 atom stereocenters. The van der Waals surface area contributed by atoms with Crippen LogP contribution in [0.4, 0.5) is 0 Å². The average Bonchev–Trinajstić information content (AvgIpc) is 2.27. The third-order valence-corrected chi connectivity index (χ3v) is 7.30. The Morgan fingerprint density at radius 1 is 1.33 bits per heavy atom. The lowest BCUT2D eigenvalue weighted by Gasteiger charge is -2.28. The van der Waals surface area contributed by atoms with E-state index in [0.29, 0.717) is 6.61 Å². The second-order valence-corrected chi connectivity index (χ2v) is 8.01. The van der Waals surface area contributed by atoms with Gasteiger partial charge in [-0.15, -0.1) is 0 Å². The van der Waals surface area contributed by atoms with Crippen molar-refractivity contribution in [3.8, 4) is 0 Å². The Labute approximate surface area is 93.6 Å². The van der Waals surface area contributed by atoms with E-state index in [0.717, 1.165) is 24.7 Å². The van der Waals surface area contributed by atoms with Gasteiger partial charge < -0.3 is 9.16 Å². The van der Waals surface area contributed by atoms with Crippen LogP contribution in [0.5, 0.6) is 0 Å². The summed E-state index contributed by atoms with van der Waals surface area (Å²) in [6.45, 7) is 10.9. The first-order valence-corrected chi connectivity index (χ1v) is 8.10. The molecule has 0 rings (SSSR count). The van der Waals surface area contributed by atoms with Gasteiger partial charge in [0.1, 0.15) is 0 Å².